The van der Waals surface area contributed by atoms with Gasteiger partial charge in [-0.2, -0.15) is 0 Å². The number of rotatable bonds is 10. The van der Waals surface area contributed by atoms with Crippen LogP contribution in [0.2, 0.25) is 0 Å². The molecule has 162 valence electrons. The third kappa shape index (κ3) is 6.47. The van der Waals surface area contributed by atoms with Gasteiger partial charge in [0.15, 0.2) is 0 Å². The summed E-state index contributed by atoms with van der Waals surface area (Å²) < 4.78 is 6.12. The molecule has 2 fully saturated rings. The van der Waals surface area contributed by atoms with Crippen LogP contribution in [0.5, 0.6) is 0 Å². The molecule has 5 heteroatoms. The highest BCUT2D eigenvalue weighted by Crippen LogP contribution is 2.41. The van der Waals surface area contributed by atoms with E-state index in [-0.39, 0.29) is 29.3 Å². The number of likely N-dealkylation sites (tertiary alicyclic amines) is 1. The highest BCUT2D eigenvalue weighted by molar-refractivity contribution is 5.73. The van der Waals surface area contributed by atoms with Gasteiger partial charge in [-0.25, -0.2) is 0 Å². The van der Waals surface area contributed by atoms with Crippen molar-refractivity contribution in [2.45, 2.75) is 97.5 Å². The molecular weight excluding hydrogens is 352 g/mol. The van der Waals surface area contributed by atoms with Gasteiger partial charge in [0.1, 0.15) is 6.10 Å². The largest absolute Gasteiger partial charge is 0.460 e. The summed E-state index contributed by atoms with van der Waals surface area (Å²) in [7, 11) is 0. The number of unbranched alkanes of at least 4 members (excludes halogenated alkanes) is 5. The van der Waals surface area contributed by atoms with Gasteiger partial charge in [0.2, 0.25) is 5.91 Å². The van der Waals surface area contributed by atoms with Crippen LogP contribution >= 0.6 is 0 Å². The zero-order valence-corrected chi connectivity index (χ0v) is 18.4. The summed E-state index contributed by atoms with van der Waals surface area (Å²) in [6, 6.07) is 0. The maximum absolute atomic E-state index is 12.9. The lowest BCUT2D eigenvalue weighted by Crippen LogP contribution is -2.56. The van der Waals surface area contributed by atoms with Gasteiger partial charge < -0.3 is 15.0 Å². The van der Waals surface area contributed by atoms with Crippen molar-refractivity contribution >= 4 is 11.9 Å². The third-order valence-electron chi connectivity index (χ3n) is 7.01. The molecule has 0 saturated carbocycles. The lowest BCUT2D eigenvalue weighted by atomic mass is 9.69. The van der Waals surface area contributed by atoms with Crippen molar-refractivity contribution in [1.82, 2.24) is 10.2 Å². The fourth-order valence-corrected chi connectivity index (χ4v) is 4.85. The standard InChI is InChI=1S/C23H42N2O3/c1-4-6-7-8-9-10-11-20(5-2)22(27)28-21-18-24-15-12-23(21)13-16-25(17-14-23)19(3)26/h20-21,24H,4-18H2,1-3H3. The van der Waals surface area contributed by atoms with Crippen LogP contribution in [0.4, 0.5) is 0 Å². The molecule has 1 N–H and O–H groups in total. The highest BCUT2D eigenvalue weighted by atomic mass is 16.5. The zero-order chi connectivity index (χ0) is 20.4. The molecule has 2 unspecified atom stereocenters. The Labute approximate surface area is 172 Å². The van der Waals surface area contributed by atoms with Crippen LogP contribution in [0.3, 0.4) is 0 Å². The molecule has 0 bridgehead atoms. The second kappa shape index (κ2) is 11.8. The Morgan fingerprint density at radius 3 is 2.39 bits per heavy atom. The summed E-state index contributed by atoms with van der Waals surface area (Å²) in [6.45, 7) is 9.29. The predicted molar refractivity (Wildman–Crippen MR) is 113 cm³/mol. The van der Waals surface area contributed by atoms with Crippen LogP contribution < -0.4 is 5.32 Å². The minimum absolute atomic E-state index is 0.00173. The number of amides is 1. The van der Waals surface area contributed by atoms with E-state index < -0.39 is 0 Å². The number of piperidine rings is 2. The van der Waals surface area contributed by atoms with Crippen LogP contribution in [0, 0.1) is 11.3 Å². The fraction of sp³-hybridized carbons (Fsp3) is 0.913. The van der Waals surface area contributed by atoms with E-state index in [1.54, 1.807) is 6.92 Å². The summed E-state index contributed by atoms with van der Waals surface area (Å²) in [6.07, 6.45) is 12.2. The molecular formula is C23H42N2O3. The van der Waals surface area contributed by atoms with Crippen molar-refractivity contribution in [2.24, 2.45) is 11.3 Å². The molecule has 0 radical (unpaired) electrons. The van der Waals surface area contributed by atoms with Crippen LogP contribution in [0.25, 0.3) is 0 Å². The predicted octanol–water partition coefficient (Wildman–Crippen LogP) is 4.30. The highest BCUT2D eigenvalue weighted by Gasteiger charge is 2.45. The van der Waals surface area contributed by atoms with Gasteiger partial charge in [-0.15, -0.1) is 0 Å². The third-order valence-corrected chi connectivity index (χ3v) is 7.01. The molecule has 1 amide bonds. The molecule has 2 saturated heterocycles. The van der Waals surface area contributed by atoms with Crippen LogP contribution in [0.1, 0.15) is 91.4 Å². The molecule has 0 aromatic rings. The van der Waals surface area contributed by atoms with E-state index in [1.807, 2.05) is 4.90 Å². The number of nitrogens with one attached hydrogen (secondary N) is 1. The first-order valence-electron chi connectivity index (χ1n) is 11.7. The van der Waals surface area contributed by atoms with Gasteiger partial charge in [-0.1, -0.05) is 52.4 Å². The van der Waals surface area contributed by atoms with E-state index >= 15 is 0 Å². The summed E-state index contributed by atoms with van der Waals surface area (Å²) in [4.78, 5) is 26.5. The van der Waals surface area contributed by atoms with Gasteiger partial charge in [0, 0.05) is 32.0 Å². The number of hydrogen-bond donors (Lipinski definition) is 1. The molecule has 2 aliphatic heterocycles. The van der Waals surface area contributed by atoms with Gasteiger partial charge >= 0.3 is 5.97 Å². The topological polar surface area (TPSA) is 58.6 Å². The average Bonchev–Trinajstić information content (AvgIpc) is 2.69. The first kappa shape index (κ1) is 23.2. The maximum Gasteiger partial charge on any atom is 0.309 e. The van der Waals surface area contributed by atoms with E-state index in [2.05, 4.69) is 19.2 Å². The van der Waals surface area contributed by atoms with E-state index in [0.29, 0.717) is 0 Å². The molecule has 28 heavy (non-hydrogen) atoms. The van der Waals surface area contributed by atoms with E-state index in [0.717, 1.165) is 64.7 Å². The Hall–Kier alpha value is -1.10. The molecule has 2 heterocycles. The van der Waals surface area contributed by atoms with E-state index in [4.69, 9.17) is 4.74 Å². The number of carbonyl (C=O) groups excluding carboxylic acids is 2. The number of carbonyl (C=O) groups is 2. The second-order valence-corrected chi connectivity index (χ2v) is 8.91. The van der Waals surface area contributed by atoms with Crippen molar-refractivity contribution in [3.05, 3.63) is 0 Å². The lowest BCUT2D eigenvalue weighted by Gasteiger charge is -2.48. The van der Waals surface area contributed by atoms with Crippen molar-refractivity contribution in [2.75, 3.05) is 26.2 Å². The molecule has 0 aromatic carbocycles. The Balaban J connectivity index is 1.84. The molecule has 2 atom stereocenters. The van der Waals surface area contributed by atoms with E-state index in [9.17, 15) is 9.59 Å². The first-order valence-corrected chi connectivity index (χ1v) is 11.7. The van der Waals surface area contributed by atoms with Crippen molar-refractivity contribution in [3.63, 3.8) is 0 Å². The normalized spacial score (nSPS) is 22.8. The molecule has 2 rings (SSSR count). The summed E-state index contributed by atoms with van der Waals surface area (Å²) in [5.41, 5.74) is 0.0469. The Morgan fingerprint density at radius 1 is 1.07 bits per heavy atom. The molecule has 2 aliphatic rings. The Morgan fingerprint density at radius 2 is 1.75 bits per heavy atom. The van der Waals surface area contributed by atoms with Gasteiger partial charge in [0.05, 0.1) is 5.92 Å². The molecule has 0 aliphatic carbocycles. The first-order chi connectivity index (χ1) is 13.5. The Kier molecular flexibility index (Phi) is 9.76. The molecule has 0 aromatic heterocycles. The minimum Gasteiger partial charge on any atom is -0.460 e. The van der Waals surface area contributed by atoms with Gasteiger partial charge in [-0.05, 0) is 38.6 Å². The monoisotopic (exact) mass is 394 g/mol. The van der Waals surface area contributed by atoms with E-state index in [1.165, 1.54) is 32.1 Å². The fourth-order valence-electron chi connectivity index (χ4n) is 4.85. The lowest BCUT2D eigenvalue weighted by molar-refractivity contribution is -0.168. The van der Waals surface area contributed by atoms with Gasteiger partial charge in [-0.3, -0.25) is 9.59 Å². The number of hydrogen-bond acceptors (Lipinski definition) is 4. The average molecular weight is 395 g/mol. The van der Waals surface area contributed by atoms with Crippen molar-refractivity contribution in [1.29, 1.82) is 0 Å². The quantitative estimate of drug-likeness (QED) is 0.443. The van der Waals surface area contributed by atoms with Crippen molar-refractivity contribution < 1.29 is 14.3 Å². The number of nitrogens with zero attached hydrogens (tertiary/aromatic N) is 1. The Bertz CT molecular complexity index is 486. The summed E-state index contributed by atoms with van der Waals surface area (Å²) in [5, 5.41) is 3.42. The summed E-state index contributed by atoms with van der Waals surface area (Å²) >= 11 is 0. The maximum atomic E-state index is 12.9. The molecule has 1 spiro atoms. The number of ether oxygens (including phenoxy) is 1. The minimum atomic E-state index is -0.0542. The summed E-state index contributed by atoms with van der Waals surface area (Å²) in [5.74, 6) is 0.183. The van der Waals surface area contributed by atoms with Gasteiger partial charge in [0.25, 0.3) is 0 Å². The number of esters is 1. The second-order valence-electron chi connectivity index (χ2n) is 8.91. The van der Waals surface area contributed by atoms with Crippen LogP contribution in [-0.4, -0.2) is 49.1 Å². The van der Waals surface area contributed by atoms with Crippen LogP contribution in [0.15, 0.2) is 0 Å². The molecule has 5 nitrogen and oxygen atoms in total. The SMILES string of the molecule is CCCCCCCCC(CC)C(=O)OC1CNCCC12CCN(C(C)=O)CC2. The van der Waals surface area contributed by atoms with Crippen molar-refractivity contribution in [3.8, 4) is 0 Å². The van der Waals surface area contributed by atoms with Crippen LogP contribution in [-0.2, 0) is 14.3 Å². The zero-order valence-electron chi connectivity index (χ0n) is 18.4. The smallest absolute Gasteiger partial charge is 0.309 e.